The normalized spacial score (nSPS) is 10.7. The molecule has 0 aliphatic heterocycles. The monoisotopic (exact) mass is 561 g/mol. The Morgan fingerprint density at radius 2 is 1.27 bits per heavy atom. The van der Waals surface area contributed by atoms with Crippen molar-refractivity contribution in [2.75, 3.05) is 5.73 Å². The van der Waals surface area contributed by atoms with E-state index in [4.69, 9.17) is 40.5 Å². The number of hydrogen-bond acceptors (Lipinski definition) is 2. The predicted octanol–water partition coefficient (Wildman–Crippen LogP) is 10.3. The van der Waals surface area contributed by atoms with Gasteiger partial charge in [-0.3, -0.25) is 0 Å². The molecule has 0 saturated heterocycles. The Kier molecular flexibility index (Phi) is 12.0. The summed E-state index contributed by atoms with van der Waals surface area (Å²) in [7, 11) is 0. The largest absolute Gasteiger partial charge is 0.398 e. The first kappa shape index (κ1) is 30.7. The highest BCUT2D eigenvalue weighted by Crippen LogP contribution is 2.27. The fourth-order valence-corrected chi connectivity index (χ4v) is 4.56. The Balaban J connectivity index is 0.000000199. The van der Waals surface area contributed by atoms with Crippen molar-refractivity contribution < 1.29 is 4.39 Å². The molecule has 0 unspecified atom stereocenters. The zero-order valence-electron chi connectivity index (χ0n) is 22.1. The van der Waals surface area contributed by atoms with Crippen LogP contribution in [0.5, 0.6) is 0 Å². The van der Waals surface area contributed by atoms with E-state index in [2.05, 4.69) is 44.8 Å². The molecular formula is C30H35Cl3FN3. The van der Waals surface area contributed by atoms with Crippen molar-refractivity contribution in [3.05, 3.63) is 111 Å². The molecule has 4 rings (SSSR count). The van der Waals surface area contributed by atoms with Gasteiger partial charge in [0.2, 0.25) is 0 Å². The summed E-state index contributed by atoms with van der Waals surface area (Å²) in [5.41, 5.74) is 10.9. The molecule has 0 aliphatic rings. The minimum Gasteiger partial charge on any atom is -0.398 e. The number of aromatic nitrogens is 2. The van der Waals surface area contributed by atoms with Gasteiger partial charge in [0, 0.05) is 38.8 Å². The lowest BCUT2D eigenvalue weighted by Crippen LogP contribution is -1.95. The smallest absolute Gasteiger partial charge is 0.124 e. The van der Waals surface area contributed by atoms with Crippen LogP contribution in [-0.2, 0) is 0 Å². The van der Waals surface area contributed by atoms with Gasteiger partial charge in [-0.2, -0.15) is 0 Å². The molecule has 7 heteroatoms. The zero-order chi connectivity index (χ0) is 27.7. The second-order valence-corrected chi connectivity index (χ2v) is 10.8. The molecule has 198 valence electrons. The van der Waals surface area contributed by atoms with E-state index in [1.807, 2.05) is 42.8 Å². The fraction of sp³-hybridized carbons (Fsp3) is 0.300. The van der Waals surface area contributed by atoms with E-state index in [0.29, 0.717) is 27.8 Å². The van der Waals surface area contributed by atoms with E-state index in [9.17, 15) is 4.39 Å². The van der Waals surface area contributed by atoms with Crippen molar-refractivity contribution in [2.45, 2.75) is 59.3 Å². The maximum atomic E-state index is 12.5. The quantitative estimate of drug-likeness (QED) is 0.251. The highest BCUT2D eigenvalue weighted by Gasteiger charge is 2.07. The van der Waals surface area contributed by atoms with Gasteiger partial charge in [0.25, 0.3) is 0 Å². The van der Waals surface area contributed by atoms with Crippen molar-refractivity contribution in [2.24, 2.45) is 0 Å². The van der Waals surface area contributed by atoms with E-state index in [-0.39, 0.29) is 5.82 Å². The molecule has 2 N–H and O–H groups in total. The summed E-state index contributed by atoms with van der Waals surface area (Å²) in [5, 5.41) is 2.03. The summed E-state index contributed by atoms with van der Waals surface area (Å²) in [6.45, 7) is 12.5. The molecule has 1 aromatic heterocycles. The molecule has 0 bridgehead atoms. The molecule has 0 aliphatic carbocycles. The molecule has 3 nitrogen and oxygen atoms in total. The number of nitrogens with two attached hydrogens (primary N) is 1. The maximum absolute atomic E-state index is 12.5. The van der Waals surface area contributed by atoms with Crippen LogP contribution in [0.25, 0.3) is 5.69 Å². The summed E-state index contributed by atoms with van der Waals surface area (Å²) in [6.07, 6.45) is 5.42. The van der Waals surface area contributed by atoms with Gasteiger partial charge in [-0.1, -0.05) is 94.5 Å². The molecule has 0 saturated carbocycles. The van der Waals surface area contributed by atoms with Crippen molar-refractivity contribution in [3.63, 3.8) is 0 Å². The van der Waals surface area contributed by atoms with Crippen molar-refractivity contribution in [1.82, 2.24) is 9.55 Å². The van der Waals surface area contributed by atoms with Crippen LogP contribution in [0.2, 0.25) is 15.1 Å². The lowest BCUT2D eigenvalue weighted by atomic mass is 10.0. The second kappa shape index (κ2) is 14.4. The van der Waals surface area contributed by atoms with Gasteiger partial charge >= 0.3 is 0 Å². The van der Waals surface area contributed by atoms with Gasteiger partial charge in [-0.05, 0) is 70.8 Å². The van der Waals surface area contributed by atoms with E-state index < -0.39 is 0 Å². The highest BCUT2D eigenvalue weighted by molar-refractivity contribution is 6.32. The molecule has 3 aromatic carbocycles. The Labute approximate surface area is 235 Å². The molecule has 37 heavy (non-hydrogen) atoms. The SMILES string of the molecule is CC(C)c1ccc(-n2ccnc2)cc1Cl.CC(C)c1ccc(Cl)cc1N.CC(C)c1ccc(F)cc1Cl. The van der Waals surface area contributed by atoms with Crippen LogP contribution in [0.15, 0.2) is 73.3 Å². The lowest BCUT2D eigenvalue weighted by molar-refractivity contribution is 0.626. The van der Waals surface area contributed by atoms with E-state index in [1.54, 1.807) is 24.7 Å². The minimum absolute atomic E-state index is 0.278. The van der Waals surface area contributed by atoms with Gasteiger partial charge in [-0.15, -0.1) is 0 Å². The van der Waals surface area contributed by atoms with Crippen molar-refractivity contribution in [1.29, 1.82) is 0 Å². The van der Waals surface area contributed by atoms with Crippen molar-refractivity contribution in [3.8, 4) is 5.69 Å². The number of nitrogen functional groups attached to an aromatic ring is 1. The number of imidazole rings is 1. The molecule has 0 amide bonds. The van der Waals surface area contributed by atoms with Crippen LogP contribution in [-0.4, -0.2) is 9.55 Å². The standard InChI is InChI=1S/C12H13ClN2.C9H10ClF.C9H12ClN/c1-9(2)11-4-3-10(7-12(11)13)15-6-5-14-8-15;1-6(2)8-4-3-7(11)5-9(8)10;1-6(2)8-4-3-7(10)5-9(8)11/h3-9H,1-2H3;3-6H,1-2H3;3-6H,11H2,1-2H3. The molecule has 0 spiro atoms. The van der Waals surface area contributed by atoms with Crippen LogP contribution in [0, 0.1) is 5.82 Å². The van der Waals surface area contributed by atoms with Gasteiger partial charge in [0.1, 0.15) is 5.82 Å². The second-order valence-electron chi connectivity index (χ2n) is 9.58. The first-order chi connectivity index (χ1) is 17.4. The van der Waals surface area contributed by atoms with Gasteiger partial charge < -0.3 is 10.3 Å². The highest BCUT2D eigenvalue weighted by atomic mass is 35.5. The number of nitrogens with zero attached hydrogens (tertiary/aromatic N) is 2. The number of hydrogen-bond donors (Lipinski definition) is 1. The van der Waals surface area contributed by atoms with Gasteiger partial charge in [0.15, 0.2) is 0 Å². The first-order valence-corrected chi connectivity index (χ1v) is 13.3. The first-order valence-electron chi connectivity index (χ1n) is 12.2. The minimum atomic E-state index is -0.278. The number of benzene rings is 3. The predicted molar refractivity (Wildman–Crippen MR) is 158 cm³/mol. The molecule has 4 aromatic rings. The topological polar surface area (TPSA) is 43.8 Å². The third kappa shape index (κ3) is 9.37. The Bertz CT molecular complexity index is 1210. The third-order valence-corrected chi connectivity index (χ3v) is 6.55. The van der Waals surface area contributed by atoms with Crippen molar-refractivity contribution >= 4 is 40.5 Å². The summed E-state index contributed by atoms with van der Waals surface area (Å²) in [4.78, 5) is 4.01. The Morgan fingerprint density at radius 1 is 0.730 bits per heavy atom. The molecule has 0 fully saturated rings. The summed E-state index contributed by atoms with van der Waals surface area (Å²) >= 11 is 17.7. The van der Waals surface area contributed by atoms with Crippen LogP contribution < -0.4 is 5.73 Å². The maximum Gasteiger partial charge on any atom is 0.124 e. The Morgan fingerprint density at radius 3 is 1.73 bits per heavy atom. The molecular weight excluding hydrogens is 528 g/mol. The van der Waals surface area contributed by atoms with E-state index in [0.717, 1.165) is 27.5 Å². The van der Waals surface area contributed by atoms with E-state index >= 15 is 0 Å². The summed E-state index contributed by atoms with van der Waals surface area (Å²) in [6, 6.07) is 16.2. The van der Waals surface area contributed by atoms with Gasteiger partial charge in [0.05, 0.1) is 6.33 Å². The number of halogens is 4. The molecule has 1 heterocycles. The summed E-state index contributed by atoms with van der Waals surface area (Å²) in [5.74, 6) is 0.990. The van der Waals surface area contributed by atoms with Crippen LogP contribution >= 0.6 is 34.8 Å². The van der Waals surface area contributed by atoms with Crippen LogP contribution in [0.4, 0.5) is 10.1 Å². The average Bonchev–Trinajstić information content (AvgIpc) is 3.34. The molecule has 0 radical (unpaired) electrons. The Hall–Kier alpha value is -2.53. The molecule has 0 atom stereocenters. The summed E-state index contributed by atoms with van der Waals surface area (Å²) < 4.78 is 14.5. The van der Waals surface area contributed by atoms with E-state index in [1.165, 1.54) is 17.7 Å². The lowest BCUT2D eigenvalue weighted by Gasteiger charge is -2.10. The fourth-order valence-electron chi connectivity index (χ4n) is 3.60. The third-order valence-electron chi connectivity index (χ3n) is 5.66. The average molecular weight is 563 g/mol. The number of anilines is 1. The van der Waals surface area contributed by atoms with Crippen LogP contribution in [0.3, 0.4) is 0 Å². The zero-order valence-corrected chi connectivity index (χ0v) is 24.4. The number of rotatable bonds is 4. The van der Waals surface area contributed by atoms with Crippen LogP contribution in [0.1, 0.15) is 76.0 Å². The van der Waals surface area contributed by atoms with Gasteiger partial charge in [-0.25, -0.2) is 9.37 Å².